The van der Waals surface area contributed by atoms with Crippen molar-refractivity contribution in [1.29, 1.82) is 0 Å². The van der Waals surface area contributed by atoms with Gasteiger partial charge in [-0.2, -0.15) is 5.10 Å². The van der Waals surface area contributed by atoms with Gasteiger partial charge in [0.2, 0.25) is 0 Å². The predicted molar refractivity (Wildman–Crippen MR) is 119 cm³/mol. The first-order valence-corrected chi connectivity index (χ1v) is 9.71. The van der Waals surface area contributed by atoms with Crippen molar-refractivity contribution in [2.24, 2.45) is 0 Å². The van der Waals surface area contributed by atoms with E-state index in [1.165, 1.54) is 11.3 Å². The van der Waals surface area contributed by atoms with Crippen LogP contribution >= 0.6 is 12.4 Å². The summed E-state index contributed by atoms with van der Waals surface area (Å²) in [5.74, 6) is -0.0618. The first-order valence-electron chi connectivity index (χ1n) is 9.71. The number of hydrogen-bond donors (Lipinski definition) is 2. The highest BCUT2D eigenvalue weighted by atomic mass is 35.5. The third kappa shape index (κ3) is 5.37. The minimum Gasteiger partial charge on any atom is -0.369 e. The lowest BCUT2D eigenvalue weighted by atomic mass is 10.0. The Hall–Kier alpha value is -2.83. The molecule has 0 aliphatic carbocycles. The molecule has 2 N–H and O–H groups in total. The highest BCUT2D eigenvalue weighted by molar-refractivity contribution is 5.94. The van der Waals surface area contributed by atoms with Gasteiger partial charge >= 0.3 is 0 Å². The minimum atomic E-state index is -0.0618. The number of halogens is 1. The molecule has 0 radical (unpaired) electrons. The molecule has 0 unspecified atom stereocenters. The SMILES string of the molecule is Cl.O=C(NCCn1cccn1)c1ccc(-c2cccc(N3CCNCC3)c2)cc1. The second kappa shape index (κ2) is 10.1. The van der Waals surface area contributed by atoms with Crippen LogP contribution in [-0.2, 0) is 6.54 Å². The molecule has 1 saturated heterocycles. The molecule has 3 aromatic rings. The Bertz CT molecular complexity index is 905. The molecule has 1 amide bonds. The maximum absolute atomic E-state index is 12.3. The van der Waals surface area contributed by atoms with Gasteiger partial charge < -0.3 is 15.5 Å². The summed E-state index contributed by atoms with van der Waals surface area (Å²) in [4.78, 5) is 14.7. The summed E-state index contributed by atoms with van der Waals surface area (Å²) < 4.78 is 1.80. The van der Waals surface area contributed by atoms with Gasteiger partial charge in [0.25, 0.3) is 5.91 Å². The Morgan fingerprint density at radius 3 is 2.55 bits per heavy atom. The summed E-state index contributed by atoms with van der Waals surface area (Å²) in [6.07, 6.45) is 3.62. The average molecular weight is 412 g/mol. The quantitative estimate of drug-likeness (QED) is 0.654. The highest BCUT2D eigenvalue weighted by Crippen LogP contribution is 2.25. The molecule has 6 nitrogen and oxygen atoms in total. The van der Waals surface area contributed by atoms with Crippen LogP contribution in [-0.4, -0.2) is 48.4 Å². The number of aromatic nitrogens is 2. The van der Waals surface area contributed by atoms with Crippen molar-refractivity contribution in [3.05, 3.63) is 72.6 Å². The molecule has 1 fully saturated rings. The number of piperazine rings is 1. The third-order valence-corrected chi connectivity index (χ3v) is 4.99. The zero-order chi connectivity index (χ0) is 19.2. The second-order valence-corrected chi connectivity index (χ2v) is 6.89. The number of rotatable bonds is 6. The number of amides is 1. The molecule has 29 heavy (non-hydrogen) atoms. The number of carbonyl (C=O) groups excluding carboxylic acids is 1. The molecule has 152 valence electrons. The minimum absolute atomic E-state index is 0. The van der Waals surface area contributed by atoms with Crippen LogP contribution < -0.4 is 15.5 Å². The Balaban J connectivity index is 0.00000240. The van der Waals surface area contributed by atoms with E-state index in [4.69, 9.17) is 0 Å². The Kier molecular flexibility index (Phi) is 7.27. The molecular formula is C22H26ClN5O. The van der Waals surface area contributed by atoms with Crippen LogP contribution in [0.1, 0.15) is 10.4 Å². The van der Waals surface area contributed by atoms with Gasteiger partial charge in [-0.05, 0) is 41.5 Å². The molecule has 1 aliphatic rings. The third-order valence-electron chi connectivity index (χ3n) is 4.99. The zero-order valence-electron chi connectivity index (χ0n) is 16.3. The van der Waals surface area contributed by atoms with Crippen LogP contribution in [0.25, 0.3) is 11.1 Å². The first-order chi connectivity index (χ1) is 13.8. The first kappa shape index (κ1) is 20.9. The van der Waals surface area contributed by atoms with Crippen molar-refractivity contribution in [3.63, 3.8) is 0 Å². The average Bonchev–Trinajstić information content (AvgIpc) is 3.28. The van der Waals surface area contributed by atoms with E-state index in [-0.39, 0.29) is 18.3 Å². The molecule has 1 aromatic heterocycles. The van der Waals surface area contributed by atoms with E-state index in [1.807, 2.05) is 36.5 Å². The van der Waals surface area contributed by atoms with Crippen molar-refractivity contribution in [1.82, 2.24) is 20.4 Å². The Labute approximate surface area is 177 Å². The van der Waals surface area contributed by atoms with Gasteiger partial charge in [0.1, 0.15) is 0 Å². The van der Waals surface area contributed by atoms with Gasteiger partial charge in [-0.3, -0.25) is 9.48 Å². The summed E-state index contributed by atoms with van der Waals surface area (Å²) in [7, 11) is 0. The Morgan fingerprint density at radius 2 is 1.83 bits per heavy atom. The fourth-order valence-electron chi connectivity index (χ4n) is 3.44. The molecule has 1 aliphatic heterocycles. The smallest absolute Gasteiger partial charge is 0.251 e. The van der Waals surface area contributed by atoms with Gasteiger partial charge in [0.15, 0.2) is 0 Å². The lowest BCUT2D eigenvalue weighted by Crippen LogP contribution is -2.43. The van der Waals surface area contributed by atoms with Crippen LogP contribution in [0.2, 0.25) is 0 Å². The lowest BCUT2D eigenvalue weighted by Gasteiger charge is -2.29. The molecule has 7 heteroatoms. The molecule has 0 spiro atoms. The Morgan fingerprint density at radius 1 is 1.03 bits per heavy atom. The maximum Gasteiger partial charge on any atom is 0.251 e. The van der Waals surface area contributed by atoms with Crippen molar-refractivity contribution < 1.29 is 4.79 Å². The number of carbonyl (C=O) groups is 1. The van der Waals surface area contributed by atoms with E-state index in [1.54, 1.807) is 10.9 Å². The predicted octanol–water partition coefficient (Wildman–Crippen LogP) is 2.81. The fourth-order valence-corrected chi connectivity index (χ4v) is 3.44. The van der Waals surface area contributed by atoms with Crippen LogP contribution in [0, 0.1) is 0 Å². The van der Waals surface area contributed by atoms with E-state index in [0.29, 0.717) is 18.7 Å². The van der Waals surface area contributed by atoms with Crippen molar-refractivity contribution in [2.45, 2.75) is 6.54 Å². The van der Waals surface area contributed by atoms with E-state index in [9.17, 15) is 4.79 Å². The number of anilines is 1. The molecule has 2 heterocycles. The lowest BCUT2D eigenvalue weighted by molar-refractivity contribution is 0.0952. The molecule has 0 saturated carbocycles. The van der Waals surface area contributed by atoms with Gasteiger partial charge in [-0.1, -0.05) is 24.3 Å². The summed E-state index contributed by atoms with van der Waals surface area (Å²) in [6.45, 7) is 5.32. The molecule has 0 bridgehead atoms. The van der Waals surface area contributed by atoms with Crippen LogP contribution in [0.4, 0.5) is 5.69 Å². The zero-order valence-corrected chi connectivity index (χ0v) is 17.1. The summed E-state index contributed by atoms with van der Waals surface area (Å²) in [6, 6.07) is 18.3. The molecule has 4 rings (SSSR count). The highest BCUT2D eigenvalue weighted by Gasteiger charge is 2.11. The largest absolute Gasteiger partial charge is 0.369 e. The topological polar surface area (TPSA) is 62.2 Å². The standard InChI is InChI=1S/C22H25N5O.ClH/c28-22(24-12-16-27-13-2-9-25-27)19-7-5-18(6-8-19)20-3-1-4-21(17-20)26-14-10-23-11-15-26;/h1-9,13,17,23H,10-12,14-16H2,(H,24,28);1H. The van der Waals surface area contributed by atoms with Crippen LogP contribution in [0.15, 0.2) is 67.0 Å². The summed E-state index contributed by atoms with van der Waals surface area (Å²) >= 11 is 0. The fraction of sp³-hybridized carbons (Fsp3) is 0.273. The van der Waals surface area contributed by atoms with Crippen LogP contribution in [0.3, 0.4) is 0 Å². The summed E-state index contributed by atoms with van der Waals surface area (Å²) in [5, 5.41) is 10.5. The molecule has 0 atom stereocenters. The van der Waals surface area contributed by atoms with E-state index >= 15 is 0 Å². The number of nitrogens with zero attached hydrogens (tertiary/aromatic N) is 3. The number of nitrogens with one attached hydrogen (secondary N) is 2. The van der Waals surface area contributed by atoms with Crippen molar-refractivity contribution in [2.75, 3.05) is 37.6 Å². The van der Waals surface area contributed by atoms with Crippen molar-refractivity contribution in [3.8, 4) is 11.1 Å². The molecule has 2 aromatic carbocycles. The van der Waals surface area contributed by atoms with Gasteiger partial charge in [0, 0.05) is 56.4 Å². The van der Waals surface area contributed by atoms with E-state index in [0.717, 1.165) is 31.7 Å². The normalized spacial score (nSPS) is 13.6. The van der Waals surface area contributed by atoms with Crippen molar-refractivity contribution >= 4 is 24.0 Å². The monoisotopic (exact) mass is 411 g/mol. The van der Waals surface area contributed by atoms with Crippen LogP contribution in [0.5, 0.6) is 0 Å². The molecular weight excluding hydrogens is 386 g/mol. The van der Waals surface area contributed by atoms with Gasteiger partial charge in [0.05, 0.1) is 6.54 Å². The number of hydrogen-bond acceptors (Lipinski definition) is 4. The van der Waals surface area contributed by atoms with Gasteiger partial charge in [-0.25, -0.2) is 0 Å². The van der Waals surface area contributed by atoms with E-state index < -0.39 is 0 Å². The van der Waals surface area contributed by atoms with Gasteiger partial charge in [-0.15, -0.1) is 12.4 Å². The van der Waals surface area contributed by atoms with E-state index in [2.05, 4.69) is 44.9 Å². The summed E-state index contributed by atoms with van der Waals surface area (Å²) in [5.41, 5.74) is 4.20. The second-order valence-electron chi connectivity index (χ2n) is 6.89. The maximum atomic E-state index is 12.3. The number of benzene rings is 2.